The molecule has 8 nitrogen and oxygen atoms in total. The lowest BCUT2D eigenvalue weighted by Crippen LogP contribution is -2.41. The molecule has 1 saturated heterocycles. The first kappa shape index (κ1) is 23.0. The number of carbonyl (C=O) groups is 1. The molecule has 0 saturated carbocycles. The molecule has 1 aromatic heterocycles. The molecule has 9 heteroatoms. The van der Waals surface area contributed by atoms with Crippen LogP contribution in [0.1, 0.15) is 54.0 Å². The lowest BCUT2D eigenvalue weighted by Gasteiger charge is -2.32. The Morgan fingerprint density at radius 3 is 2.45 bits per heavy atom. The van der Waals surface area contributed by atoms with Crippen LogP contribution in [0.5, 0.6) is 0 Å². The molecular weight excluding hydrogens is 395 g/mol. The molecule has 31 heavy (non-hydrogen) atoms. The zero-order valence-electron chi connectivity index (χ0n) is 19.3. The Balaban J connectivity index is 1.92. The van der Waals surface area contributed by atoms with Gasteiger partial charge in [-0.05, 0) is 71.6 Å². The molecule has 166 valence electrons. The number of ether oxygens (including phenoxy) is 1. The summed E-state index contributed by atoms with van der Waals surface area (Å²) >= 11 is 0. The van der Waals surface area contributed by atoms with Crippen molar-refractivity contribution >= 4 is 36.0 Å². The monoisotopic (exact) mass is 426 g/mol. The molecule has 0 atom stereocenters. The number of nitrogen functional groups attached to an aromatic ring is 1. The lowest BCUT2D eigenvalue weighted by molar-refractivity contribution is 0.00578. The average molecular weight is 426 g/mol. The maximum Gasteiger partial charge on any atom is 0.492 e. The molecule has 2 heterocycles. The highest BCUT2D eigenvalue weighted by Gasteiger charge is 2.52. The summed E-state index contributed by atoms with van der Waals surface area (Å²) in [6.45, 7) is 13.6. The topological polar surface area (TPSA) is 109 Å². The number of benzene rings is 1. The fourth-order valence-corrected chi connectivity index (χ4v) is 3.08. The fraction of sp³-hybridized carbons (Fsp3) is 0.500. The highest BCUT2D eigenvalue weighted by Crippen LogP contribution is 2.38. The maximum atomic E-state index is 12.2. The molecule has 0 unspecified atom stereocenters. The predicted octanol–water partition coefficient (Wildman–Crippen LogP) is 3.75. The first-order valence-electron chi connectivity index (χ1n) is 10.3. The van der Waals surface area contributed by atoms with Gasteiger partial charge in [0.25, 0.3) is 0 Å². The van der Waals surface area contributed by atoms with E-state index in [0.717, 1.165) is 21.9 Å². The molecular formula is C22H31BN4O4. The van der Waals surface area contributed by atoms with E-state index < -0.39 is 30.0 Å². The number of nitrogens with two attached hydrogens (primary N) is 1. The lowest BCUT2D eigenvalue weighted by atomic mass is 9.77. The molecule has 0 radical (unpaired) electrons. The molecule has 1 aliphatic rings. The number of fused-ring (bicyclic) bond motifs is 1. The van der Waals surface area contributed by atoms with Crippen LogP contribution in [0.25, 0.3) is 17.0 Å². The van der Waals surface area contributed by atoms with Crippen molar-refractivity contribution in [1.29, 1.82) is 0 Å². The van der Waals surface area contributed by atoms with E-state index in [-0.39, 0.29) is 6.54 Å². The number of alkyl carbamates (subject to hydrolysis) is 1. The van der Waals surface area contributed by atoms with Gasteiger partial charge in [-0.2, -0.15) is 0 Å². The molecule has 1 aromatic carbocycles. The minimum Gasteiger partial charge on any atom is -0.444 e. The minimum absolute atomic E-state index is 0.199. The zero-order valence-corrected chi connectivity index (χ0v) is 19.3. The van der Waals surface area contributed by atoms with Crippen LogP contribution in [0, 0.1) is 0 Å². The first-order chi connectivity index (χ1) is 14.3. The van der Waals surface area contributed by atoms with Crippen molar-refractivity contribution in [2.45, 2.75) is 65.3 Å². The molecule has 1 amide bonds. The van der Waals surface area contributed by atoms with Crippen LogP contribution in [0.4, 0.5) is 10.6 Å². The van der Waals surface area contributed by atoms with Gasteiger partial charge in [-0.25, -0.2) is 14.8 Å². The van der Waals surface area contributed by atoms with E-state index in [0.29, 0.717) is 5.82 Å². The Hall–Kier alpha value is -2.65. The smallest absolute Gasteiger partial charge is 0.444 e. The van der Waals surface area contributed by atoms with Gasteiger partial charge in [-0.1, -0.05) is 12.1 Å². The number of amides is 1. The second-order valence-corrected chi connectivity index (χ2v) is 9.70. The molecule has 3 N–H and O–H groups in total. The summed E-state index contributed by atoms with van der Waals surface area (Å²) in [7, 11) is -0.625. The van der Waals surface area contributed by atoms with Crippen LogP contribution in [0.15, 0.2) is 30.0 Å². The molecule has 0 bridgehead atoms. The van der Waals surface area contributed by atoms with Crippen molar-refractivity contribution < 1.29 is 18.8 Å². The van der Waals surface area contributed by atoms with Crippen molar-refractivity contribution in [2.24, 2.45) is 0 Å². The summed E-state index contributed by atoms with van der Waals surface area (Å²) in [6.07, 6.45) is 2.85. The molecule has 3 rings (SSSR count). The van der Waals surface area contributed by atoms with Crippen molar-refractivity contribution in [2.75, 3.05) is 12.3 Å². The van der Waals surface area contributed by atoms with E-state index in [1.54, 1.807) is 0 Å². The highest BCUT2D eigenvalue weighted by atomic mass is 16.7. The van der Waals surface area contributed by atoms with E-state index in [2.05, 4.69) is 15.3 Å². The summed E-state index contributed by atoms with van der Waals surface area (Å²) in [5, 5.41) is 3.56. The van der Waals surface area contributed by atoms with E-state index in [1.807, 2.05) is 72.7 Å². The molecule has 0 aliphatic carbocycles. The van der Waals surface area contributed by atoms with Gasteiger partial charge < -0.3 is 25.1 Å². The quantitative estimate of drug-likeness (QED) is 0.717. The van der Waals surface area contributed by atoms with Gasteiger partial charge >= 0.3 is 13.2 Å². The number of carbonyl (C=O) groups excluding carboxylic acids is 1. The maximum absolute atomic E-state index is 12.2. The van der Waals surface area contributed by atoms with Gasteiger partial charge in [0.1, 0.15) is 17.7 Å². The average Bonchev–Trinajstić information content (AvgIpc) is 2.85. The molecule has 0 spiro atoms. The first-order valence-corrected chi connectivity index (χ1v) is 10.3. The minimum atomic E-state index is -0.625. The van der Waals surface area contributed by atoms with Crippen LogP contribution in [-0.4, -0.2) is 46.5 Å². The summed E-state index contributed by atoms with van der Waals surface area (Å²) in [5.41, 5.74) is 6.78. The van der Waals surface area contributed by atoms with Gasteiger partial charge in [-0.3, -0.25) is 0 Å². The third-order valence-corrected chi connectivity index (χ3v) is 5.43. The summed E-state index contributed by atoms with van der Waals surface area (Å²) in [6, 6.07) is 5.71. The number of rotatable bonds is 4. The third kappa shape index (κ3) is 5.35. The Bertz CT molecular complexity index is 998. The van der Waals surface area contributed by atoms with Crippen molar-refractivity contribution in [1.82, 2.24) is 15.3 Å². The van der Waals surface area contributed by atoms with Gasteiger partial charge in [0.2, 0.25) is 0 Å². The zero-order chi connectivity index (χ0) is 23.0. The molecule has 1 fully saturated rings. The summed E-state index contributed by atoms with van der Waals surface area (Å²) in [4.78, 5) is 20.5. The van der Waals surface area contributed by atoms with Crippen LogP contribution in [0.3, 0.4) is 0 Å². The third-order valence-electron chi connectivity index (χ3n) is 5.43. The van der Waals surface area contributed by atoms with Crippen LogP contribution in [0.2, 0.25) is 0 Å². The Morgan fingerprint density at radius 1 is 1.19 bits per heavy atom. The Kier molecular flexibility index (Phi) is 6.04. The second kappa shape index (κ2) is 8.13. The molecule has 1 aliphatic heterocycles. The number of hydrogen-bond acceptors (Lipinski definition) is 7. The highest BCUT2D eigenvalue weighted by molar-refractivity contribution is 6.56. The van der Waals surface area contributed by atoms with Crippen molar-refractivity contribution in [3.63, 3.8) is 0 Å². The van der Waals surface area contributed by atoms with Gasteiger partial charge in [0.05, 0.1) is 16.7 Å². The number of nitrogens with zero attached hydrogens (tertiary/aromatic N) is 2. The number of hydrogen-bond donors (Lipinski definition) is 2. The van der Waals surface area contributed by atoms with E-state index >= 15 is 0 Å². The SMILES string of the molecule is CC(C)(C)OC(=O)NCC(=Cc1ccc2ncnc(N)c2c1)B1OC(C)(C)C(C)(C)O1. The van der Waals surface area contributed by atoms with Crippen LogP contribution >= 0.6 is 0 Å². The van der Waals surface area contributed by atoms with Crippen LogP contribution < -0.4 is 11.1 Å². The van der Waals surface area contributed by atoms with E-state index in [9.17, 15) is 4.79 Å². The number of nitrogens with one attached hydrogen (secondary N) is 1. The fourth-order valence-electron chi connectivity index (χ4n) is 3.08. The van der Waals surface area contributed by atoms with Gasteiger partial charge in [0.15, 0.2) is 0 Å². The standard InChI is InChI=1S/C22H31BN4O4/c1-20(2,3)29-19(28)25-12-15(23-30-21(4,5)22(6,7)31-23)10-14-8-9-17-16(11-14)18(24)27-13-26-17/h8-11,13H,12H2,1-7H3,(H,25,28)(H2,24,26,27). The largest absolute Gasteiger partial charge is 0.492 e. The Labute approximate surface area is 183 Å². The Morgan fingerprint density at radius 2 is 1.84 bits per heavy atom. The number of anilines is 1. The van der Waals surface area contributed by atoms with E-state index in [4.69, 9.17) is 19.8 Å². The number of aromatic nitrogens is 2. The summed E-state index contributed by atoms with van der Waals surface area (Å²) < 4.78 is 17.8. The van der Waals surface area contributed by atoms with Gasteiger partial charge in [0, 0.05) is 11.9 Å². The summed E-state index contributed by atoms with van der Waals surface area (Å²) in [5.74, 6) is 0.407. The van der Waals surface area contributed by atoms with Crippen molar-refractivity contribution in [3.05, 3.63) is 35.6 Å². The normalized spacial score (nSPS) is 18.3. The van der Waals surface area contributed by atoms with Crippen molar-refractivity contribution in [3.8, 4) is 0 Å². The predicted molar refractivity (Wildman–Crippen MR) is 122 cm³/mol. The van der Waals surface area contributed by atoms with Gasteiger partial charge in [-0.15, -0.1) is 0 Å². The van der Waals surface area contributed by atoms with E-state index in [1.165, 1.54) is 6.33 Å². The van der Waals surface area contributed by atoms with Crippen LogP contribution in [-0.2, 0) is 14.0 Å². The second-order valence-electron chi connectivity index (χ2n) is 9.70. The molecule has 2 aromatic rings.